The maximum absolute atomic E-state index is 13.1. The first-order valence-electron chi connectivity index (χ1n) is 19.6. The minimum atomic E-state index is -1.06. The monoisotopic (exact) mass is 788 g/mol. The molecular weight excluding hydrogens is 714 g/mol. The number of rotatable bonds is 27. The van der Waals surface area contributed by atoms with Crippen LogP contribution >= 0.6 is 0 Å². The largest absolute Gasteiger partial charge is 0.465 e. The lowest BCUT2D eigenvalue weighted by molar-refractivity contribution is -0.162. The van der Waals surface area contributed by atoms with Crippen LogP contribution in [0.5, 0.6) is 0 Å². The molecule has 1 atom stereocenters. The molecule has 14 heteroatoms. The number of aliphatic hydroxyl groups excluding tert-OH is 1. The van der Waals surface area contributed by atoms with E-state index < -0.39 is 59.0 Å². The highest BCUT2D eigenvalue weighted by atomic mass is 16.6. The Balaban J connectivity index is 5.66. The van der Waals surface area contributed by atoms with Crippen LogP contribution in [0.25, 0.3) is 0 Å². The van der Waals surface area contributed by atoms with E-state index in [-0.39, 0.29) is 82.6 Å². The topological polar surface area (TPSA) is 181 Å². The molecule has 0 fully saturated rings. The van der Waals surface area contributed by atoms with E-state index in [1.54, 1.807) is 34.6 Å². The zero-order valence-electron chi connectivity index (χ0n) is 36.0. The second-order valence-corrected chi connectivity index (χ2v) is 18.1. The number of amides is 1. The van der Waals surface area contributed by atoms with E-state index in [2.05, 4.69) is 13.8 Å². The van der Waals surface area contributed by atoms with E-state index in [0.717, 1.165) is 38.5 Å². The predicted molar refractivity (Wildman–Crippen MR) is 207 cm³/mol. The van der Waals surface area contributed by atoms with Crippen molar-refractivity contribution in [3.63, 3.8) is 0 Å². The van der Waals surface area contributed by atoms with E-state index >= 15 is 0 Å². The summed E-state index contributed by atoms with van der Waals surface area (Å²) in [6.45, 7) is 20.2. The molecule has 0 aliphatic heterocycles. The minimum absolute atomic E-state index is 0.145. The van der Waals surface area contributed by atoms with Crippen molar-refractivity contribution in [2.24, 2.45) is 21.7 Å². The second-order valence-electron chi connectivity index (χ2n) is 18.1. The van der Waals surface area contributed by atoms with Gasteiger partial charge in [0.25, 0.3) is 0 Å². The van der Waals surface area contributed by atoms with Gasteiger partial charge in [0.1, 0.15) is 38.6 Å². The molecule has 0 aliphatic rings. The molecule has 0 heterocycles. The van der Waals surface area contributed by atoms with Crippen LogP contribution in [-0.2, 0) is 52.4 Å². The van der Waals surface area contributed by atoms with Crippen LogP contribution in [0, 0.1) is 21.7 Å². The third-order valence-electron chi connectivity index (χ3n) is 8.82. The third-order valence-corrected chi connectivity index (χ3v) is 8.82. The van der Waals surface area contributed by atoms with Gasteiger partial charge in [-0.25, -0.2) is 4.79 Å². The lowest BCUT2D eigenvalue weighted by atomic mass is 9.84. The Hall–Kier alpha value is -3.42. The van der Waals surface area contributed by atoms with Gasteiger partial charge < -0.3 is 38.4 Å². The second kappa shape index (κ2) is 24.3. The Labute approximate surface area is 330 Å². The van der Waals surface area contributed by atoms with Crippen molar-refractivity contribution >= 4 is 35.9 Å². The summed E-state index contributed by atoms with van der Waals surface area (Å²) in [5.41, 5.74) is -3.45. The van der Waals surface area contributed by atoms with Gasteiger partial charge in [-0.15, -0.1) is 0 Å². The van der Waals surface area contributed by atoms with Gasteiger partial charge in [-0.2, -0.15) is 0 Å². The quantitative estimate of drug-likeness (QED) is 0.0667. The molecule has 320 valence electrons. The molecule has 0 aromatic rings. The number of hydrogen-bond acceptors (Lipinski definition) is 13. The summed E-state index contributed by atoms with van der Waals surface area (Å²) in [4.78, 5) is 76.9. The first kappa shape index (κ1) is 51.6. The highest BCUT2D eigenvalue weighted by Crippen LogP contribution is 2.30. The fourth-order valence-corrected chi connectivity index (χ4v) is 5.14. The molecule has 0 spiro atoms. The number of carbonyl (C=O) groups excluding carboxylic acids is 6. The van der Waals surface area contributed by atoms with E-state index in [4.69, 9.17) is 28.4 Å². The zero-order valence-corrected chi connectivity index (χ0v) is 36.0. The Bertz CT molecular complexity index is 1180. The average molecular weight is 788 g/mol. The number of ether oxygens (including phenoxy) is 6. The highest BCUT2D eigenvalue weighted by Gasteiger charge is 2.34. The summed E-state index contributed by atoms with van der Waals surface area (Å²) in [6.07, 6.45) is 4.86. The maximum Gasteiger partial charge on any atom is 0.410 e. The molecule has 0 aromatic heterocycles. The Kier molecular flexibility index (Phi) is 22.8. The normalized spacial score (nSPS) is 13.3. The van der Waals surface area contributed by atoms with Gasteiger partial charge in [-0.3, -0.25) is 24.0 Å². The van der Waals surface area contributed by atoms with Crippen LogP contribution in [0.4, 0.5) is 4.79 Å². The van der Waals surface area contributed by atoms with Gasteiger partial charge in [-0.1, -0.05) is 74.1 Å². The lowest BCUT2D eigenvalue weighted by Gasteiger charge is -2.30. The van der Waals surface area contributed by atoms with Crippen molar-refractivity contribution in [2.45, 2.75) is 153 Å². The first-order valence-corrected chi connectivity index (χ1v) is 19.6. The van der Waals surface area contributed by atoms with E-state index in [0.29, 0.717) is 0 Å². The van der Waals surface area contributed by atoms with Crippen LogP contribution < -0.4 is 0 Å². The SMILES string of the molecule is CCCCC(C)(C)CC(=O)OCC(C)(COC(=O)CCN(CCC(=O)OCC(C)(CO)COC(C)=O)C(=O)OC(C)(C)C)COC(=O)CC(C)(C)CCCC. The molecule has 0 bridgehead atoms. The smallest absolute Gasteiger partial charge is 0.410 e. The van der Waals surface area contributed by atoms with Gasteiger partial charge >= 0.3 is 35.9 Å². The van der Waals surface area contributed by atoms with Gasteiger partial charge in [0.15, 0.2) is 0 Å². The molecule has 1 unspecified atom stereocenters. The van der Waals surface area contributed by atoms with Crippen LogP contribution in [0.3, 0.4) is 0 Å². The standard InChI is InChI=1S/C41H73NO13/c1-13-15-19-38(7,8)23-34(47)53-29-41(12,30-54-35(48)24-39(9,10)20-16-14-2)28-52-33(46)18-22-42(36(49)55-37(4,5)6)21-17-32(45)51-27-40(11,25-43)26-50-31(3)44/h43H,13-30H2,1-12H3. The van der Waals surface area contributed by atoms with Crippen LogP contribution in [0.2, 0.25) is 0 Å². The summed E-state index contributed by atoms with van der Waals surface area (Å²) < 4.78 is 32.7. The maximum atomic E-state index is 13.1. The average Bonchev–Trinajstić information content (AvgIpc) is 3.07. The van der Waals surface area contributed by atoms with Crippen molar-refractivity contribution in [1.82, 2.24) is 4.90 Å². The fraction of sp³-hybridized carbons (Fsp3) is 0.854. The highest BCUT2D eigenvalue weighted by molar-refractivity contribution is 5.74. The van der Waals surface area contributed by atoms with Crippen LogP contribution in [-0.4, -0.2) is 104 Å². The van der Waals surface area contributed by atoms with Crippen molar-refractivity contribution in [3.05, 3.63) is 0 Å². The molecule has 1 amide bonds. The molecule has 55 heavy (non-hydrogen) atoms. The van der Waals surface area contributed by atoms with Gasteiger partial charge in [0.2, 0.25) is 0 Å². The number of aliphatic hydroxyl groups is 1. The lowest BCUT2D eigenvalue weighted by Crippen LogP contribution is -2.40. The molecule has 14 nitrogen and oxygen atoms in total. The van der Waals surface area contributed by atoms with E-state index in [1.165, 1.54) is 11.8 Å². The summed E-state index contributed by atoms with van der Waals surface area (Å²) in [5, 5.41) is 9.73. The van der Waals surface area contributed by atoms with Crippen LogP contribution in [0.1, 0.15) is 147 Å². The van der Waals surface area contributed by atoms with Crippen molar-refractivity contribution in [1.29, 1.82) is 0 Å². The van der Waals surface area contributed by atoms with Crippen LogP contribution in [0.15, 0.2) is 0 Å². The number of nitrogens with zero attached hydrogens (tertiary/aromatic N) is 1. The zero-order chi connectivity index (χ0) is 42.5. The van der Waals surface area contributed by atoms with Crippen molar-refractivity contribution in [2.75, 3.05) is 52.7 Å². The van der Waals surface area contributed by atoms with E-state index in [1.807, 2.05) is 27.7 Å². The molecule has 0 radical (unpaired) electrons. The molecule has 0 aromatic carbocycles. The number of carbonyl (C=O) groups is 6. The van der Waals surface area contributed by atoms with Gasteiger partial charge in [-0.05, 0) is 51.4 Å². The molecule has 0 rings (SSSR count). The molecular formula is C41H73NO13. The Morgan fingerprint density at radius 3 is 1.25 bits per heavy atom. The molecule has 0 saturated heterocycles. The number of esters is 5. The first-order chi connectivity index (χ1) is 25.3. The molecule has 0 aliphatic carbocycles. The molecule has 1 N–H and O–H groups in total. The summed E-state index contributed by atoms with van der Waals surface area (Å²) in [5.74, 6) is -2.69. The fourth-order valence-electron chi connectivity index (χ4n) is 5.14. The summed E-state index contributed by atoms with van der Waals surface area (Å²) >= 11 is 0. The Morgan fingerprint density at radius 2 is 0.909 bits per heavy atom. The predicted octanol–water partition coefficient (Wildman–Crippen LogP) is 6.96. The third kappa shape index (κ3) is 25.4. The number of unbranched alkanes of at least 4 members (excludes halogenated alkanes) is 2. The summed E-state index contributed by atoms with van der Waals surface area (Å²) in [6, 6.07) is 0. The van der Waals surface area contributed by atoms with Gasteiger partial charge in [0, 0.05) is 20.0 Å². The van der Waals surface area contributed by atoms with E-state index in [9.17, 15) is 33.9 Å². The van der Waals surface area contributed by atoms with Gasteiger partial charge in [0.05, 0.1) is 43.1 Å². The van der Waals surface area contributed by atoms with Crippen molar-refractivity contribution in [3.8, 4) is 0 Å². The Morgan fingerprint density at radius 1 is 0.545 bits per heavy atom. The minimum Gasteiger partial charge on any atom is -0.465 e. The van der Waals surface area contributed by atoms with Crippen molar-refractivity contribution < 1.29 is 62.3 Å². The molecule has 0 saturated carbocycles. The number of hydrogen-bond donors (Lipinski definition) is 1. The summed E-state index contributed by atoms with van der Waals surface area (Å²) in [7, 11) is 0.